The summed E-state index contributed by atoms with van der Waals surface area (Å²) in [6.07, 6.45) is 4.56. The van der Waals surface area contributed by atoms with Crippen molar-refractivity contribution in [3.05, 3.63) is 28.8 Å². The minimum absolute atomic E-state index is 0.344. The minimum atomic E-state index is 0.344. The Kier molecular flexibility index (Phi) is 7.05. The Morgan fingerprint density at radius 2 is 2.00 bits per heavy atom. The Labute approximate surface area is 126 Å². The number of benzene rings is 1. The molecule has 1 aromatic carbocycles. The van der Waals surface area contributed by atoms with Crippen molar-refractivity contribution in [1.29, 1.82) is 0 Å². The van der Waals surface area contributed by atoms with Crippen LogP contribution < -0.4 is 10.1 Å². The van der Waals surface area contributed by atoms with Crippen molar-refractivity contribution in [2.24, 2.45) is 0 Å². The molecule has 0 aliphatic rings. The zero-order chi connectivity index (χ0) is 14.3. The van der Waals surface area contributed by atoms with Gasteiger partial charge < -0.3 is 10.1 Å². The standard InChI is InChI=1S/C15H24ClNOS/c1-5-15(6-2,19-4)11-17-10-12-7-8-14(18-3)13(16)9-12/h7-9,17H,5-6,10-11H2,1-4H3. The van der Waals surface area contributed by atoms with Crippen molar-refractivity contribution in [1.82, 2.24) is 5.32 Å². The van der Waals surface area contributed by atoms with Gasteiger partial charge in [-0.05, 0) is 36.8 Å². The molecule has 19 heavy (non-hydrogen) atoms. The van der Waals surface area contributed by atoms with Gasteiger partial charge in [0.1, 0.15) is 5.75 Å². The molecule has 0 saturated carbocycles. The topological polar surface area (TPSA) is 21.3 Å². The zero-order valence-electron chi connectivity index (χ0n) is 12.3. The van der Waals surface area contributed by atoms with Gasteiger partial charge in [-0.15, -0.1) is 0 Å². The predicted molar refractivity (Wildman–Crippen MR) is 86.5 cm³/mol. The van der Waals surface area contributed by atoms with E-state index in [-0.39, 0.29) is 0 Å². The molecule has 0 saturated heterocycles. The predicted octanol–water partition coefficient (Wildman–Crippen LogP) is 4.36. The molecule has 1 aromatic rings. The van der Waals surface area contributed by atoms with Gasteiger partial charge in [0.25, 0.3) is 0 Å². The second-order valence-electron chi connectivity index (χ2n) is 4.67. The molecule has 0 unspecified atom stereocenters. The number of ether oxygens (including phenoxy) is 1. The van der Waals surface area contributed by atoms with Crippen LogP contribution in [-0.4, -0.2) is 24.7 Å². The van der Waals surface area contributed by atoms with Crippen molar-refractivity contribution < 1.29 is 4.74 Å². The highest BCUT2D eigenvalue weighted by Gasteiger charge is 2.23. The molecule has 0 amide bonds. The van der Waals surface area contributed by atoms with Gasteiger partial charge in [-0.1, -0.05) is 31.5 Å². The number of halogens is 1. The molecule has 4 heteroatoms. The Morgan fingerprint density at radius 1 is 1.32 bits per heavy atom. The Morgan fingerprint density at radius 3 is 2.47 bits per heavy atom. The van der Waals surface area contributed by atoms with E-state index in [4.69, 9.17) is 16.3 Å². The smallest absolute Gasteiger partial charge is 0.137 e. The van der Waals surface area contributed by atoms with E-state index in [9.17, 15) is 0 Å². The van der Waals surface area contributed by atoms with Gasteiger partial charge in [-0.3, -0.25) is 0 Å². The molecule has 0 radical (unpaired) electrons. The SMILES string of the molecule is CCC(CC)(CNCc1ccc(OC)c(Cl)c1)SC. The van der Waals surface area contributed by atoms with Crippen molar-refractivity contribution >= 4 is 23.4 Å². The van der Waals surface area contributed by atoms with E-state index in [1.54, 1.807) is 7.11 Å². The molecule has 0 aliphatic carbocycles. The van der Waals surface area contributed by atoms with Gasteiger partial charge in [-0.2, -0.15) is 11.8 Å². The van der Waals surface area contributed by atoms with Gasteiger partial charge in [0, 0.05) is 17.8 Å². The molecule has 0 fully saturated rings. The lowest BCUT2D eigenvalue weighted by Crippen LogP contribution is -2.36. The summed E-state index contributed by atoms with van der Waals surface area (Å²) in [5.41, 5.74) is 1.19. The average Bonchev–Trinajstić information content (AvgIpc) is 2.44. The number of thioether (sulfide) groups is 1. The fourth-order valence-corrected chi connectivity index (χ4v) is 3.22. The fourth-order valence-electron chi connectivity index (χ4n) is 2.12. The minimum Gasteiger partial charge on any atom is -0.495 e. The maximum atomic E-state index is 6.12. The Bertz CT molecular complexity index is 385. The quantitative estimate of drug-likeness (QED) is 0.771. The average molecular weight is 302 g/mol. The molecule has 0 aromatic heterocycles. The van der Waals surface area contributed by atoms with Crippen molar-refractivity contribution in [2.75, 3.05) is 19.9 Å². The molecule has 0 heterocycles. The third-order valence-electron chi connectivity index (χ3n) is 3.71. The molecule has 1 rings (SSSR count). The van der Waals surface area contributed by atoms with Crippen molar-refractivity contribution in [3.63, 3.8) is 0 Å². The second-order valence-corrected chi connectivity index (χ2v) is 6.35. The van der Waals surface area contributed by atoms with Gasteiger partial charge in [0.15, 0.2) is 0 Å². The molecule has 0 bridgehead atoms. The third-order valence-corrected chi connectivity index (χ3v) is 5.60. The maximum Gasteiger partial charge on any atom is 0.137 e. The molecule has 0 spiro atoms. The molecular formula is C15H24ClNOS. The second kappa shape index (κ2) is 8.03. The van der Waals surface area contributed by atoms with Crippen LogP contribution in [0.5, 0.6) is 5.75 Å². The zero-order valence-corrected chi connectivity index (χ0v) is 13.8. The summed E-state index contributed by atoms with van der Waals surface area (Å²) in [5, 5.41) is 4.21. The highest BCUT2D eigenvalue weighted by Crippen LogP contribution is 2.30. The Hall–Kier alpha value is -0.380. The van der Waals surface area contributed by atoms with Crippen LogP contribution >= 0.6 is 23.4 Å². The van der Waals surface area contributed by atoms with Crippen LogP contribution in [0.2, 0.25) is 5.02 Å². The monoisotopic (exact) mass is 301 g/mol. The van der Waals surface area contributed by atoms with E-state index in [2.05, 4.69) is 31.5 Å². The third kappa shape index (κ3) is 4.59. The first-order chi connectivity index (χ1) is 9.10. The Balaban J connectivity index is 2.55. The van der Waals surface area contributed by atoms with E-state index in [1.165, 1.54) is 18.4 Å². The molecule has 0 atom stereocenters. The lowest BCUT2D eigenvalue weighted by molar-refractivity contribution is 0.414. The number of nitrogens with one attached hydrogen (secondary N) is 1. The van der Waals surface area contributed by atoms with Crippen LogP contribution in [0.15, 0.2) is 18.2 Å². The molecule has 108 valence electrons. The van der Waals surface area contributed by atoms with Crippen LogP contribution in [0.4, 0.5) is 0 Å². The summed E-state index contributed by atoms with van der Waals surface area (Å²) < 4.78 is 5.50. The first kappa shape index (κ1) is 16.7. The van der Waals surface area contributed by atoms with Crippen molar-refractivity contribution in [2.45, 2.75) is 38.0 Å². The molecule has 2 nitrogen and oxygen atoms in total. The summed E-state index contributed by atoms with van der Waals surface area (Å²) in [6.45, 7) is 6.37. The number of hydrogen-bond donors (Lipinski definition) is 1. The number of hydrogen-bond acceptors (Lipinski definition) is 3. The van der Waals surface area contributed by atoms with Crippen LogP contribution in [0, 0.1) is 0 Å². The van der Waals surface area contributed by atoms with E-state index in [1.807, 2.05) is 23.9 Å². The maximum absolute atomic E-state index is 6.12. The van der Waals surface area contributed by atoms with Crippen LogP contribution in [0.1, 0.15) is 32.3 Å². The lowest BCUT2D eigenvalue weighted by Gasteiger charge is -2.30. The van der Waals surface area contributed by atoms with Crippen molar-refractivity contribution in [3.8, 4) is 5.75 Å². The van der Waals surface area contributed by atoms with E-state index < -0.39 is 0 Å². The van der Waals surface area contributed by atoms with Gasteiger partial charge >= 0.3 is 0 Å². The van der Waals surface area contributed by atoms with E-state index >= 15 is 0 Å². The molecule has 0 aliphatic heterocycles. The lowest BCUT2D eigenvalue weighted by atomic mass is 10.0. The fraction of sp³-hybridized carbons (Fsp3) is 0.600. The van der Waals surface area contributed by atoms with E-state index in [0.29, 0.717) is 9.77 Å². The summed E-state index contributed by atoms with van der Waals surface area (Å²) in [7, 11) is 1.63. The van der Waals surface area contributed by atoms with Crippen LogP contribution in [0.25, 0.3) is 0 Å². The summed E-state index contributed by atoms with van der Waals surface area (Å²) in [5.74, 6) is 0.728. The summed E-state index contributed by atoms with van der Waals surface area (Å²) in [6, 6.07) is 5.93. The normalized spacial score (nSPS) is 11.6. The number of methoxy groups -OCH3 is 1. The summed E-state index contributed by atoms with van der Waals surface area (Å²) >= 11 is 8.08. The van der Waals surface area contributed by atoms with E-state index in [0.717, 1.165) is 18.8 Å². The molecular weight excluding hydrogens is 278 g/mol. The summed E-state index contributed by atoms with van der Waals surface area (Å²) in [4.78, 5) is 0. The first-order valence-corrected chi connectivity index (χ1v) is 8.29. The van der Waals surface area contributed by atoms with Crippen LogP contribution in [0.3, 0.4) is 0 Å². The van der Waals surface area contributed by atoms with Gasteiger partial charge in [0.05, 0.1) is 12.1 Å². The van der Waals surface area contributed by atoms with Crippen LogP contribution in [-0.2, 0) is 6.54 Å². The molecule has 1 N–H and O–H groups in total. The largest absolute Gasteiger partial charge is 0.495 e. The highest BCUT2D eigenvalue weighted by molar-refractivity contribution is 8.00. The van der Waals surface area contributed by atoms with Gasteiger partial charge in [0.2, 0.25) is 0 Å². The number of rotatable bonds is 8. The van der Waals surface area contributed by atoms with Gasteiger partial charge in [-0.25, -0.2) is 0 Å². The first-order valence-electron chi connectivity index (χ1n) is 6.69. The highest BCUT2D eigenvalue weighted by atomic mass is 35.5.